The van der Waals surface area contributed by atoms with Crippen LogP contribution in [0.2, 0.25) is 0 Å². The summed E-state index contributed by atoms with van der Waals surface area (Å²) in [6, 6.07) is 6.53. The summed E-state index contributed by atoms with van der Waals surface area (Å²) in [5, 5.41) is 0. The second-order valence-electron chi connectivity index (χ2n) is 1.99. The molecule has 0 bridgehead atoms. The summed E-state index contributed by atoms with van der Waals surface area (Å²) in [6.45, 7) is 0. The van der Waals surface area contributed by atoms with Crippen LogP contribution in [0.25, 0.3) is 0 Å². The van der Waals surface area contributed by atoms with Crippen LogP contribution in [0.5, 0.6) is 0 Å². The molecule has 0 amide bonds. The number of hydrogen-bond acceptors (Lipinski definition) is 3. The average molecular weight is 172 g/mol. The molecule has 5 heteroatoms. The first-order chi connectivity index (χ1) is 5.18. The van der Waals surface area contributed by atoms with Gasteiger partial charge in [-0.25, -0.2) is 8.42 Å². The zero-order valence-corrected chi connectivity index (χ0v) is 6.54. The van der Waals surface area contributed by atoms with Gasteiger partial charge in [-0.05, 0) is 18.2 Å². The zero-order chi connectivity index (χ0) is 8.27. The van der Waals surface area contributed by atoms with Gasteiger partial charge in [0.1, 0.15) is 0 Å². The van der Waals surface area contributed by atoms with Crippen molar-refractivity contribution in [3.05, 3.63) is 24.3 Å². The smallest absolute Gasteiger partial charge is 0.222 e. The first-order valence-electron chi connectivity index (χ1n) is 2.95. The molecule has 0 unspecified atom stereocenters. The first kappa shape index (κ1) is 7.87. The van der Waals surface area contributed by atoms with Crippen molar-refractivity contribution in [1.29, 1.82) is 0 Å². The van der Waals surface area contributed by atoms with Gasteiger partial charge < -0.3 is 5.73 Å². The minimum absolute atomic E-state index is 0.487. The van der Waals surface area contributed by atoms with Crippen LogP contribution in [-0.4, -0.2) is 8.42 Å². The number of nitrogens with two attached hydrogens (primary N) is 1. The molecule has 0 saturated heterocycles. The van der Waals surface area contributed by atoms with Crippen LogP contribution in [0.3, 0.4) is 0 Å². The fraction of sp³-hybridized carbons (Fsp3) is 0. The SMILES string of the molecule is Nc1cccc(N[SH](=O)=O)c1. The number of nitrogens with one attached hydrogen (secondary N) is 1. The molecular formula is C6H8N2O2S. The highest BCUT2D eigenvalue weighted by atomic mass is 32.2. The molecule has 0 aliphatic heterocycles. The van der Waals surface area contributed by atoms with Gasteiger partial charge in [-0.2, -0.15) is 0 Å². The van der Waals surface area contributed by atoms with Crippen molar-refractivity contribution >= 4 is 22.3 Å². The fourth-order valence-electron chi connectivity index (χ4n) is 0.714. The molecule has 0 saturated carbocycles. The lowest BCUT2D eigenvalue weighted by molar-refractivity contribution is 0.619. The van der Waals surface area contributed by atoms with Crippen LogP contribution in [0.4, 0.5) is 11.4 Å². The summed E-state index contributed by atoms with van der Waals surface area (Å²) in [4.78, 5) is 0. The Morgan fingerprint density at radius 3 is 2.64 bits per heavy atom. The van der Waals surface area contributed by atoms with Crippen molar-refractivity contribution in [2.24, 2.45) is 0 Å². The largest absolute Gasteiger partial charge is 0.399 e. The van der Waals surface area contributed by atoms with E-state index in [1.807, 2.05) is 0 Å². The van der Waals surface area contributed by atoms with Crippen LogP contribution >= 0.6 is 0 Å². The summed E-state index contributed by atoms with van der Waals surface area (Å²) in [5.74, 6) is 0. The summed E-state index contributed by atoms with van der Waals surface area (Å²) >= 11 is 0. The molecule has 1 rings (SSSR count). The third kappa shape index (κ3) is 2.46. The Kier molecular flexibility index (Phi) is 2.32. The molecule has 0 aromatic heterocycles. The molecule has 0 fully saturated rings. The van der Waals surface area contributed by atoms with E-state index >= 15 is 0 Å². The van der Waals surface area contributed by atoms with Crippen molar-refractivity contribution in [3.63, 3.8) is 0 Å². The topological polar surface area (TPSA) is 72.2 Å². The van der Waals surface area contributed by atoms with E-state index in [2.05, 4.69) is 4.72 Å². The second kappa shape index (κ2) is 3.25. The molecule has 0 aliphatic carbocycles. The fourth-order valence-corrected chi connectivity index (χ4v) is 1.06. The Morgan fingerprint density at radius 2 is 2.09 bits per heavy atom. The Labute approximate surface area is 66.1 Å². The molecule has 0 heterocycles. The van der Waals surface area contributed by atoms with Gasteiger partial charge in [-0.3, -0.25) is 4.72 Å². The van der Waals surface area contributed by atoms with Crippen molar-refractivity contribution in [1.82, 2.24) is 0 Å². The maximum absolute atomic E-state index is 10.2. The Balaban J connectivity index is 2.87. The minimum Gasteiger partial charge on any atom is -0.399 e. The van der Waals surface area contributed by atoms with Gasteiger partial charge in [0, 0.05) is 5.69 Å². The molecule has 60 valence electrons. The lowest BCUT2D eigenvalue weighted by atomic mass is 10.3. The molecule has 1 aromatic carbocycles. The molecule has 4 nitrogen and oxygen atoms in total. The second-order valence-corrected chi connectivity index (χ2v) is 2.73. The highest BCUT2D eigenvalue weighted by Crippen LogP contribution is 2.10. The standard InChI is InChI=1S/C6H8N2O2S/c7-5-2-1-3-6(4-5)8-11(9)10/h1-4,11H,7H2,(H,8,9,10). The lowest BCUT2D eigenvalue weighted by Gasteiger charge is -1.97. The van der Waals surface area contributed by atoms with Gasteiger partial charge >= 0.3 is 0 Å². The molecule has 0 aliphatic rings. The van der Waals surface area contributed by atoms with E-state index < -0.39 is 10.9 Å². The van der Waals surface area contributed by atoms with E-state index in [1.165, 1.54) is 0 Å². The predicted molar refractivity (Wildman–Crippen MR) is 44.8 cm³/mol. The normalized spacial score (nSPS) is 9.91. The number of rotatable bonds is 2. The minimum atomic E-state index is -2.59. The average Bonchev–Trinajstić information content (AvgIpc) is 1.85. The van der Waals surface area contributed by atoms with Crippen LogP contribution in [-0.2, 0) is 10.9 Å². The van der Waals surface area contributed by atoms with Gasteiger partial charge in [-0.15, -0.1) is 0 Å². The van der Waals surface area contributed by atoms with E-state index in [0.717, 1.165) is 0 Å². The maximum atomic E-state index is 10.2. The highest BCUT2D eigenvalue weighted by molar-refractivity contribution is 7.73. The van der Waals surface area contributed by atoms with Crippen LogP contribution in [0.15, 0.2) is 24.3 Å². The van der Waals surface area contributed by atoms with E-state index in [9.17, 15) is 8.42 Å². The number of hydrogen-bond donors (Lipinski definition) is 3. The van der Waals surface area contributed by atoms with Crippen LogP contribution in [0.1, 0.15) is 0 Å². The molecule has 0 radical (unpaired) electrons. The molecule has 3 N–H and O–H groups in total. The van der Waals surface area contributed by atoms with E-state index in [0.29, 0.717) is 11.4 Å². The van der Waals surface area contributed by atoms with Gasteiger partial charge in [0.25, 0.3) is 0 Å². The lowest BCUT2D eigenvalue weighted by Crippen LogP contribution is -1.95. The van der Waals surface area contributed by atoms with Crippen LogP contribution in [0, 0.1) is 0 Å². The number of nitrogen functional groups attached to an aromatic ring is 1. The molecule has 11 heavy (non-hydrogen) atoms. The van der Waals surface area contributed by atoms with Crippen LogP contribution < -0.4 is 10.5 Å². The third-order valence-electron chi connectivity index (χ3n) is 1.11. The third-order valence-corrected chi connectivity index (χ3v) is 1.55. The molecular weight excluding hydrogens is 164 g/mol. The molecule has 0 spiro atoms. The van der Waals surface area contributed by atoms with Crippen molar-refractivity contribution in [3.8, 4) is 0 Å². The van der Waals surface area contributed by atoms with Crippen molar-refractivity contribution in [2.45, 2.75) is 0 Å². The maximum Gasteiger partial charge on any atom is 0.222 e. The van der Waals surface area contributed by atoms with Gasteiger partial charge in [0.2, 0.25) is 10.9 Å². The number of thiol groups is 1. The van der Waals surface area contributed by atoms with Gasteiger partial charge in [0.05, 0.1) is 5.69 Å². The monoisotopic (exact) mass is 172 g/mol. The van der Waals surface area contributed by atoms with Crippen molar-refractivity contribution < 1.29 is 8.42 Å². The Bertz CT molecular complexity index is 314. The summed E-state index contributed by atoms with van der Waals surface area (Å²) in [7, 11) is -2.59. The van der Waals surface area contributed by atoms with Gasteiger partial charge in [0.15, 0.2) is 0 Å². The number of anilines is 2. The summed E-state index contributed by atoms with van der Waals surface area (Å²) in [5.41, 5.74) is 6.42. The first-order valence-corrected chi connectivity index (χ1v) is 4.13. The summed E-state index contributed by atoms with van der Waals surface area (Å²) in [6.07, 6.45) is 0. The van der Waals surface area contributed by atoms with Crippen molar-refractivity contribution in [2.75, 3.05) is 10.5 Å². The molecule has 0 atom stereocenters. The zero-order valence-electron chi connectivity index (χ0n) is 5.65. The van der Waals surface area contributed by atoms with E-state index in [-0.39, 0.29) is 0 Å². The highest BCUT2D eigenvalue weighted by Gasteiger charge is 1.90. The Hall–Kier alpha value is -1.23. The van der Waals surface area contributed by atoms with E-state index in [1.54, 1.807) is 24.3 Å². The quantitative estimate of drug-likeness (QED) is 0.441. The number of benzene rings is 1. The molecule has 1 aromatic rings. The Morgan fingerprint density at radius 1 is 1.36 bits per heavy atom. The van der Waals surface area contributed by atoms with E-state index in [4.69, 9.17) is 5.73 Å². The van der Waals surface area contributed by atoms with Gasteiger partial charge in [-0.1, -0.05) is 6.07 Å². The predicted octanol–water partition coefficient (Wildman–Crippen LogP) is 0.207. The summed E-state index contributed by atoms with van der Waals surface area (Å²) < 4.78 is 22.5.